The molecule has 0 saturated carbocycles. The molecular formula is C15H13ClN2OS. The van der Waals surface area contributed by atoms with E-state index in [1.807, 2.05) is 19.1 Å². The molecule has 2 N–H and O–H groups in total. The zero-order valence-corrected chi connectivity index (χ0v) is 12.4. The standard InChI is InChI=1S/C15H13ClN2OS/c1-10-3-2-4-11(9-10)14(19)18-15(20)17-13-7-5-12(16)6-8-13/h2-9H,1H3,(H2,17,18,19,20). The van der Waals surface area contributed by atoms with Gasteiger partial charge in [-0.2, -0.15) is 0 Å². The van der Waals surface area contributed by atoms with Crippen LogP contribution in [0.3, 0.4) is 0 Å². The first-order valence-corrected chi connectivity index (χ1v) is 6.78. The summed E-state index contributed by atoms with van der Waals surface area (Å²) in [6.07, 6.45) is 0. The van der Waals surface area contributed by atoms with Crippen LogP contribution in [0.1, 0.15) is 15.9 Å². The predicted octanol–water partition coefficient (Wildman–Crippen LogP) is 3.78. The van der Waals surface area contributed by atoms with Gasteiger partial charge < -0.3 is 5.32 Å². The van der Waals surface area contributed by atoms with Crippen LogP contribution < -0.4 is 10.6 Å². The van der Waals surface area contributed by atoms with Crippen LogP contribution in [-0.4, -0.2) is 11.0 Å². The Hall–Kier alpha value is -1.91. The fraction of sp³-hybridized carbons (Fsp3) is 0.0667. The zero-order valence-electron chi connectivity index (χ0n) is 10.8. The molecule has 0 radical (unpaired) electrons. The van der Waals surface area contributed by atoms with Crippen molar-refractivity contribution in [1.82, 2.24) is 5.32 Å². The summed E-state index contributed by atoms with van der Waals surface area (Å²) < 4.78 is 0. The summed E-state index contributed by atoms with van der Waals surface area (Å²) in [7, 11) is 0. The van der Waals surface area contributed by atoms with Crippen LogP contribution in [0.2, 0.25) is 5.02 Å². The lowest BCUT2D eigenvalue weighted by Crippen LogP contribution is -2.34. The summed E-state index contributed by atoms with van der Waals surface area (Å²) in [6, 6.07) is 14.4. The maximum atomic E-state index is 12.0. The smallest absolute Gasteiger partial charge is 0.257 e. The van der Waals surface area contributed by atoms with Crippen LogP contribution in [-0.2, 0) is 0 Å². The van der Waals surface area contributed by atoms with Crippen molar-refractivity contribution in [3.63, 3.8) is 0 Å². The second-order valence-electron chi connectivity index (χ2n) is 4.28. The van der Waals surface area contributed by atoms with Gasteiger partial charge in [-0.05, 0) is 55.5 Å². The first-order chi connectivity index (χ1) is 9.54. The van der Waals surface area contributed by atoms with Gasteiger partial charge in [0.1, 0.15) is 0 Å². The van der Waals surface area contributed by atoms with Crippen molar-refractivity contribution in [3.8, 4) is 0 Å². The van der Waals surface area contributed by atoms with Crippen molar-refractivity contribution in [2.45, 2.75) is 6.92 Å². The number of hydrogen-bond acceptors (Lipinski definition) is 2. The monoisotopic (exact) mass is 304 g/mol. The Kier molecular flexibility index (Phi) is 4.71. The molecule has 0 fully saturated rings. The fourth-order valence-electron chi connectivity index (χ4n) is 1.66. The third kappa shape index (κ3) is 4.05. The van der Waals surface area contributed by atoms with Crippen LogP contribution in [0.4, 0.5) is 5.69 Å². The van der Waals surface area contributed by atoms with Gasteiger partial charge in [0.15, 0.2) is 5.11 Å². The average Bonchev–Trinajstić information content (AvgIpc) is 2.41. The summed E-state index contributed by atoms with van der Waals surface area (Å²) in [5.41, 5.74) is 2.36. The summed E-state index contributed by atoms with van der Waals surface area (Å²) in [4.78, 5) is 12.0. The minimum atomic E-state index is -0.236. The molecule has 20 heavy (non-hydrogen) atoms. The van der Waals surface area contributed by atoms with Crippen molar-refractivity contribution in [2.75, 3.05) is 5.32 Å². The molecule has 2 aromatic carbocycles. The molecule has 1 amide bonds. The Balaban J connectivity index is 1.97. The first-order valence-electron chi connectivity index (χ1n) is 5.99. The van der Waals surface area contributed by atoms with Crippen LogP contribution >= 0.6 is 23.8 Å². The molecule has 102 valence electrons. The number of nitrogens with one attached hydrogen (secondary N) is 2. The number of anilines is 1. The summed E-state index contributed by atoms with van der Waals surface area (Å²) in [5, 5.41) is 6.45. The molecule has 0 aliphatic rings. The fourth-order valence-corrected chi connectivity index (χ4v) is 1.99. The number of benzene rings is 2. The number of halogens is 1. The quantitative estimate of drug-likeness (QED) is 0.830. The molecule has 0 aromatic heterocycles. The van der Waals surface area contributed by atoms with Gasteiger partial charge in [-0.3, -0.25) is 10.1 Å². The van der Waals surface area contributed by atoms with Gasteiger partial charge in [0.25, 0.3) is 5.91 Å². The van der Waals surface area contributed by atoms with Crippen LogP contribution in [0.5, 0.6) is 0 Å². The third-order valence-corrected chi connectivity index (χ3v) is 3.07. The lowest BCUT2D eigenvalue weighted by atomic mass is 10.1. The Morgan fingerprint density at radius 3 is 2.50 bits per heavy atom. The van der Waals surface area contributed by atoms with Gasteiger partial charge >= 0.3 is 0 Å². The molecule has 3 nitrogen and oxygen atoms in total. The van der Waals surface area contributed by atoms with E-state index in [0.29, 0.717) is 10.6 Å². The van der Waals surface area contributed by atoms with Gasteiger partial charge in [-0.1, -0.05) is 29.3 Å². The van der Waals surface area contributed by atoms with E-state index in [1.165, 1.54) is 0 Å². The molecule has 2 rings (SSSR count). The van der Waals surface area contributed by atoms with E-state index in [9.17, 15) is 4.79 Å². The van der Waals surface area contributed by atoms with Crippen LogP contribution in [0.25, 0.3) is 0 Å². The van der Waals surface area contributed by atoms with Gasteiger partial charge in [0.05, 0.1) is 0 Å². The van der Waals surface area contributed by atoms with Gasteiger partial charge in [0.2, 0.25) is 0 Å². The van der Waals surface area contributed by atoms with E-state index in [-0.39, 0.29) is 11.0 Å². The molecule has 0 saturated heterocycles. The molecular weight excluding hydrogens is 292 g/mol. The van der Waals surface area contributed by atoms with Crippen molar-refractivity contribution in [3.05, 3.63) is 64.7 Å². The van der Waals surface area contributed by atoms with Gasteiger partial charge in [0, 0.05) is 16.3 Å². The van der Waals surface area contributed by atoms with Crippen LogP contribution in [0.15, 0.2) is 48.5 Å². The summed E-state index contributed by atoms with van der Waals surface area (Å²) in [5.74, 6) is -0.236. The normalized spacial score (nSPS) is 9.90. The minimum absolute atomic E-state index is 0.236. The van der Waals surface area contributed by atoms with Crippen molar-refractivity contribution in [2.24, 2.45) is 0 Å². The van der Waals surface area contributed by atoms with Crippen molar-refractivity contribution in [1.29, 1.82) is 0 Å². The number of amides is 1. The molecule has 2 aromatic rings. The van der Waals surface area contributed by atoms with Gasteiger partial charge in [-0.15, -0.1) is 0 Å². The Morgan fingerprint density at radius 1 is 1.15 bits per heavy atom. The Labute approximate surface area is 128 Å². The van der Waals surface area contributed by atoms with Gasteiger partial charge in [-0.25, -0.2) is 0 Å². The van der Waals surface area contributed by atoms with E-state index in [0.717, 1.165) is 11.3 Å². The molecule has 0 unspecified atom stereocenters. The van der Waals surface area contributed by atoms with Crippen LogP contribution in [0, 0.1) is 6.92 Å². The zero-order chi connectivity index (χ0) is 14.5. The number of rotatable bonds is 2. The molecule has 0 heterocycles. The summed E-state index contributed by atoms with van der Waals surface area (Å²) >= 11 is 10.9. The number of aryl methyl sites for hydroxylation is 1. The number of carbonyl (C=O) groups is 1. The van der Waals surface area contributed by atoms with Crippen molar-refractivity contribution < 1.29 is 4.79 Å². The van der Waals surface area contributed by atoms with Crippen molar-refractivity contribution >= 4 is 40.5 Å². The number of hydrogen-bond donors (Lipinski definition) is 2. The van der Waals surface area contributed by atoms with E-state index >= 15 is 0 Å². The third-order valence-electron chi connectivity index (χ3n) is 2.61. The SMILES string of the molecule is Cc1cccc(C(=O)NC(=S)Nc2ccc(Cl)cc2)c1. The largest absolute Gasteiger partial charge is 0.332 e. The second-order valence-corrected chi connectivity index (χ2v) is 5.13. The number of thiocarbonyl (C=S) groups is 1. The maximum Gasteiger partial charge on any atom is 0.257 e. The molecule has 0 bridgehead atoms. The van der Waals surface area contributed by atoms with E-state index in [4.69, 9.17) is 23.8 Å². The Bertz CT molecular complexity index is 641. The molecule has 0 aliphatic carbocycles. The van der Waals surface area contributed by atoms with E-state index in [2.05, 4.69) is 10.6 Å². The lowest BCUT2D eigenvalue weighted by Gasteiger charge is -2.09. The average molecular weight is 305 g/mol. The highest BCUT2D eigenvalue weighted by molar-refractivity contribution is 7.80. The second kappa shape index (κ2) is 6.50. The molecule has 5 heteroatoms. The highest BCUT2D eigenvalue weighted by Gasteiger charge is 2.07. The molecule has 0 aliphatic heterocycles. The molecule has 0 spiro atoms. The highest BCUT2D eigenvalue weighted by Crippen LogP contribution is 2.13. The van der Waals surface area contributed by atoms with E-state index in [1.54, 1.807) is 36.4 Å². The molecule has 0 atom stereocenters. The Morgan fingerprint density at radius 2 is 1.85 bits per heavy atom. The highest BCUT2D eigenvalue weighted by atomic mass is 35.5. The summed E-state index contributed by atoms with van der Waals surface area (Å²) in [6.45, 7) is 1.93. The topological polar surface area (TPSA) is 41.1 Å². The predicted molar refractivity (Wildman–Crippen MR) is 86.3 cm³/mol. The first kappa shape index (κ1) is 14.5. The van der Waals surface area contributed by atoms with E-state index < -0.39 is 0 Å². The maximum absolute atomic E-state index is 12.0. The minimum Gasteiger partial charge on any atom is -0.332 e. The lowest BCUT2D eigenvalue weighted by molar-refractivity contribution is 0.0977. The number of carbonyl (C=O) groups excluding carboxylic acids is 1.